The molecule has 2 rings (SSSR count). The van der Waals surface area contributed by atoms with Crippen molar-refractivity contribution < 1.29 is 33.4 Å². The Labute approximate surface area is 162 Å². The molecule has 0 unspecified atom stereocenters. The van der Waals surface area contributed by atoms with Crippen LogP contribution in [0, 0.1) is 0 Å². The maximum atomic E-state index is 12.0. The van der Waals surface area contributed by atoms with Crippen LogP contribution >= 0.6 is 0 Å². The van der Waals surface area contributed by atoms with Crippen molar-refractivity contribution in [2.24, 2.45) is 0 Å². The quantitative estimate of drug-likeness (QED) is 0.383. The standard InChI is InChI=1S/C19H22N2O7/c1-3-26-16(22)11-21-15(18(24)20-19(21)25)9-8-13-6-5-7-14(10-13)28-12-17(23)27-4-2/h5-7,9-10H,3-4,8,11-12H2,1-2H3,(H,20,24,25). The molecule has 150 valence electrons. The average molecular weight is 390 g/mol. The van der Waals surface area contributed by atoms with E-state index in [1.165, 1.54) is 0 Å². The third-order valence-electron chi connectivity index (χ3n) is 3.67. The summed E-state index contributed by atoms with van der Waals surface area (Å²) in [5, 5.41) is 2.15. The highest BCUT2D eigenvalue weighted by molar-refractivity contribution is 6.12. The number of amides is 3. The highest BCUT2D eigenvalue weighted by Gasteiger charge is 2.34. The largest absolute Gasteiger partial charge is 0.482 e. The van der Waals surface area contributed by atoms with Crippen molar-refractivity contribution in [2.45, 2.75) is 20.3 Å². The van der Waals surface area contributed by atoms with E-state index in [9.17, 15) is 19.2 Å². The van der Waals surface area contributed by atoms with Crippen molar-refractivity contribution in [3.8, 4) is 5.75 Å². The van der Waals surface area contributed by atoms with Crippen molar-refractivity contribution in [2.75, 3.05) is 26.4 Å². The van der Waals surface area contributed by atoms with Crippen LogP contribution in [0.5, 0.6) is 5.75 Å². The Hall–Kier alpha value is -3.36. The Morgan fingerprint density at radius 2 is 1.82 bits per heavy atom. The summed E-state index contributed by atoms with van der Waals surface area (Å²) in [6.45, 7) is 3.27. The first kappa shape index (κ1) is 20.9. The number of benzene rings is 1. The summed E-state index contributed by atoms with van der Waals surface area (Å²) in [5.41, 5.74) is 0.869. The number of imide groups is 1. The van der Waals surface area contributed by atoms with Crippen molar-refractivity contribution >= 4 is 23.9 Å². The summed E-state index contributed by atoms with van der Waals surface area (Å²) in [4.78, 5) is 47.9. The van der Waals surface area contributed by atoms with Crippen LogP contribution in [0.3, 0.4) is 0 Å². The van der Waals surface area contributed by atoms with Gasteiger partial charge < -0.3 is 14.2 Å². The second-order valence-electron chi connectivity index (χ2n) is 5.69. The normalized spacial score (nSPS) is 14.8. The smallest absolute Gasteiger partial charge is 0.344 e. The van der Waals surface area contributed by atoms with E-state index < -0.39 is 23.9 Å². The summed E-state index contributed by atoms with van der Waals surface area (Å²) >= 11 is 0. The number of carbonyl (C=O) groups excluding carboxylic acids is 4. The van der Waals surface area contributed by atoms with Crippen molar-refractivity contribution in [3.05, 3.63) is 41.6 Å². The molecule has 1 aromatic carbocycles. The van der Waals surface area contributed by atoms with E-state index >= 15 is 0 Å². The van der Waals surface area contributed by atoms with Gasteiger partial charge in [-0.05, 0) is 38.0 Å². The molecule has 9 heteroatoms. The number of hydrogen-bond acceptors (Lipinski definition) is 7. The fraction of sp³-hybridized carbons (Fsp3) is 0.368. The molecule has 1 aliphatic heterocycles. The van der Waals surface area contributed by atoms with Crippen LogP contribution in [0.2, 0.25) is 0 Å². The van der Waals surface area contributed by atoms with Crippen LogP contribution in [0.25, 0.3) is 0 Å². The van der Waals surface area contributed by atoms with E-state index in [0.29, 0.717) is 12.2 Å². The number of ether oxygens (including phenoxy) is 3. The summed E-state index contributed by atoms with van der Waals surface area (Å²) in [6.07, 6.45) is 1.86. The van der Waals surface area contributed by atoms with Gasteiger partial charge >= 0.3 is 18.0 Å². The number of nitrogens with one attached hydrogen (secondary N) is 1. The number of allylic oxidation sites excluding steroid dienone is 1. The monoisotopic (exact) mass is 390 g/mol. The fourth-order valence-electron chi connectivity index (χ4n) is 2.48. The van der Waals surface area contributed by atoms with E-state index in [4.69, 9.17) is 14.2 Å². The van der Waals surface area contributed by atoms with Gasteiger partial charge in [-0.1, -0.05) is 18.2 Å². The van der Waals surface area contributed by atoms with E-state index in [1.54, 1.807) is 44.2 Å². The number of urea groups is 1. The molecule has 0 aliphatic carbocycles. The molecule has 1 aromatic rings. The number of nitrogens with zero attached hydrogens (tertiary/aromatic N) is 1. The lowest BCUT2D eigenvalue weighted by Crippen LogP contribution is -2.33. The van der Waals surface area contributed by atoms with Gasteiger partial charge in [0, 0.05) is 0 Å². The minimum Gasteiger partial charge on any atom is -0.482 e. The van der Waals surface area contributed by atoms with E-state index in [1.807, 2.05) is 0 Å². The molecule has 0 aromatic heterocycles. The summed E-state index contributed by atoms with van der Waals surface area (Å²) in [7, 11) is 0. The first-order valence-corrected chi connectivity index (χ1v) is 8.80. The van der Waals surface area contributed by atoms with Gasteiger partial charge in [-0.3, -0.25) is 19.8 Å². The second-order valence-corrected chi connectivity index (χ2v) is 5.69. The molecule has 0 atom stereocenters. The van der Waals surface area contributed by atoms with Crippen molar-refractivity contribution in [3.63, 3.8) is 0 Å². The highest BCUT2D eigenvalue weighted by Crippen LogP contribution is 2.17. The third kappa shape index (κ3) is 5.83. The van der Waals surface area contributed by atoms with Crippen LogP contribution in [0.1, 0.15) is 19.4 Å². The predicted molar refractivity (Wildman–Crippen MR) is 97.2 cm³/mol. The Morgan fingerprint density at radius 3 is 2.54 bits per heavy atom. The van der Waals surface area contributed by atoms with Gasteiger partial charge in [0.05, 0.1) is 13.2 Å². The van der Waals surface area contributed by atoms with E-state index in [0.717, 1.165) is 10.5 Å². The van der Waals surface area contributed by atoms with Crippen LogP contribution in [-0.4, -0.2) is 55.1 Å². The molecule has 9 nitrogen and oxygen atoms in total. The topological polar surface area (TPSA) is 111 Å². The molecule has 1 N–H and O–H groups in total. The molecule has 0 saturated carbocycles. The van der Waals surface area contributed by atoms with Crippen LogP contribution in [0.15, 0.2) is 36.0 Å². The van der Waals surface area contributed by atoms with Gasteiger partial charge in [-0.25, -0.2) is 9.59 Å². The summed E-state index contributed by atoms with van der Waals surface area (Å²) in [6, 6.07) is 6.27. The molecule has 3 amide bonds. The van der Waals surface area contributed by atoms with E-state index in [-0.39, 0.29) is 32.1 Å². The minimum atomic E-state index is -0.671. The number of hydrogen-bond donors (Lipinski definition) is 1. The van der Waals surface area contributed by atoms with Crippen LogP contribution in [0.4, 0.5) is 4.79 Å². The maximum absolute atomic E-state index is 12.0. The molecule has 28 heavy (non-hydrogen) atoms. The average Bonchev–Trinajstić information content (AvgIpc) is 2.92. The van der Waals surface area contributed by atoms with Crippen LogP contribution in [-0.2, 0) is 30.3 Å². The Bertz CT molecular complexity index is 788. The Balaban J connectivity index is 2.05. The lowest BCUT2D eigenvalue weighted by atomic mass is 10.1. The van der Waals surface area contributed by atoms with Gasteiger partial charge in [-0.2, -0.15) is 0 Å². The van der Waals surface area contributed by atoms with Gasteiger partial charge in [0.1, 0.15) is 18.0 Å². The summed E-state index contributed by atoms with van der Waals surface area (Å²) < 4.78 is 15.0. The molecule has 0 bridgehead atoms. The second kappa shape index (κ2) is 10.1. The van der Waals surface area contributed by atoms with Gasteiger partial charge in [0.2, 0.25) is 0 Å². The number of carbonyl (C=O) groups is 4. The molecule has 1 saturated heterocycles. The first-order chi connectivity index (χ1) is 13.4. The SMILES string of the molecule is CCOC(=O)COc1cccc(CC=C2C(=O)NC(=O)N2CC(=O)OCC)c1. The highest BCUT2D eigenvalue weighted by atomic mass is 16.6. The minimum absolute atomic E-state index is 0.0795. The van der Waals surface area contributed by atoms with Crippen LogP contribution < -0.4 is 10.1 Å². The van der Waals surface area contributed by atoms with Gasteiger partial charge in [0.25, 0.3) is 5.91 Å². The third-order valence-corrected chi connectivity index (χ3v) is 3.67. The summed E-state index contributed by atoms with van der Waals surface area (Å²) in [5.74, 6) is -1.18. The van der Waals surface area contributed by atoms with Gasteiger partial charge in [-0.15, -0.1) is 0 Å². The van der Waals surface area contributed by atoms with Crippen molar-refractivity contribution in [1.29, 1.82) is 0 Å². The van der Waals surface area contributed by atoms with Gasteiger partial charge in [0.15, 0.2) is 6.61 Å². The number of rotatable bonds is 9. The van der Waals surface area contributed by atoms with E-state index in [2.05, 4.69) is 5.32 Å². The zero-order chi connectivity index (χ0) is 20.5. The fourth-order valence-corrected chi connectivity index (χ4v) is 2.48. The molecular formula is C19H22N2O7. The first-order valence-electron chi connectivity index (χ1n) is 8.80. The lowest BCUT2D eigenvalue weighted by Gasteiger charge is -2.14. The Kier molecular flexibility index (Phi) is 7.55. The molecular weight excluding hydrogens is 368 g/mol. The van der Waals surface area contributed by atoms with Crippen molar-refractivity contribution in [1.82, 2.24) is 10.2 Å². The molecule has 1 fully saturated rings. The molecule has 1 aliphatic rings. The zero-order valence-corrected chi connectivity index (χ0v) is 15.7. The maximum Gasteiger partial charge on any atom is 0.344 e. The molecule has 1 heterocycles. The molecule has 0 spiro atoms. The lowest BCUT2D eigenvalue weighted by molar-refractivity contribution is -0.145. The Morgan fingerprint density at radius 1 is 1.11 bits per heavy atom. The zero-order valence-electron chi connectivity index (χ0n) is 15.7. The predicted octanol–water partition coefficient (Wildman–Crippen LogP) is 1.17. The molecule has 0 radical (unpaired) electrons. The number of esters is 2.